The number of hydrogen-bond donors (Lipinski definition) is 0. The van der Waals surface area contributed by atoms with Gasteiger partial charge in [-0.1, -0.05) is 272 Å². The molecule has 0 bridgehead atoms. The minimum Gasteiger partial charge on any atom is -1.00 e. The van der Waals surface area contributed by atoms with Gasteiger partial charge in [-0.25, -0.2) is 0 Å². The normalized spacial score (nSPS) is 10.9. The van der Waals surface area contributed by atoms with Crippen molar-refractivity contribution in [3.8, 4) is 44.5 Å². The molecule has 0 saturated heterocycles. The quantitative estimate of drug-likeness (QED) is 0.146. The van der Waals surface area contributed by atoms with Gasteiger partial charge in [0.05, 0.1) is 0 Å². The first-order valence-electron chi connectivity index (χ1n) is 33.1. The number of fused-ring (bicyclic) bond motifs is 8. The van der Waals surface area contributed by atoms with Crippen LogP contribution >= 0.6 is 0 Å². The van der Waals surface area contributed by atoms with E-state index < -0.39 is 0 Å². The first-order chi connectivity index (χ1) is 45.4. The second kappa shape index (κ2) is 33.0. The third kappa shape index (κ3) is 16.6. The average Bonchev–Trinajstić information content (AvgIpc) is 1.65. The Bertz CT molecular complexity index is 5000. The van der Waals surface area contributed by atoms with E-state index in [0.29, 0.717) is 11.8 Å². The summed E-state index contributed by atoms with van der Waals surface area (Å²) in [5, 5.41) is 21.4. The van der Waals surface area contributed by atoms with Gasteiger partial charge >= 0.3 is 82.6 Å². The molecule has 0 heterocycles. The van der Waals surface area contributed by atoms with E-state index in [1.54, 1.807) is 48.5 Å². The van der Waals surface area contributed by atoms with Crippen LogP contribution in [0.4, 0.5) is 0 Å². The molecule has 0 saturated carbocycles. The smallest absolute Gasteiger partial charge is 0.0114 e. The third-order valence-corrected chi connectivity index (χ3v) is 17.7. The van der Waals surface area contributed by atoms with Crippen molar-refractivity contribution in [3.05, 3.63) is 312 Å². The van der Waals surface area contributed by atoms with E-state index in [2.05, 4.69) is 362 Å². The maximum atomic E-state index is 2.36. The SMILES string of the molecule is CC(C)c1cc2c(-c3cccc4ccccc34)cccc2[cH-]1.CC(C)c1cc2c(-c3cccc4ccccc34)cccc2[cH-]1.C[C](C)=[Zr+2].C[C](C)=[Zr+2].Cc1cc2c(-c3cccc4ccccc34)ccc(C)c2[cH-]1.Cc1cc2c(-c3cccc4ccccc34)ccc(C)c2[cH-]1.[Cl-].[Cl-]. The van der Waals surface area contributed by atoms with Crippen LogP contribution in [0.5, 0.6) is 0 Å². The Balaban J connectivity index is 0.000000144. The van der Waals surface area contributed by atoms with Crippen LogP contribution < -0.4 is 24.8 Å². The Kier molecular flexibility index (Phi) is 24.9. The molecule has 0 amide bonds. The van der Waals surface area contributed by atoms with Crippen molar-refractivity contribution in [2.45, 2.75) is 94.9 Å². The van der Waals surface area contributed by atoms with Crippen LogP contribution in [-0.4, -0.2) is 6.41 Å². The first kappa shape index (κ1) is 72.5. The molecule has 0 nitrogen and oxygen atoms in total. The largest absolute Gasteiger partial charge is 1.00 e. The van der Waals surface area contributed by atoms with Crippen LogP contribution in [0.3, 0.4) is 0 Å². The molecule has 96 heavy (non-hydrogen) atoms. The second-order valence-electron chi connectivity index (χ2n) is 26.2. The van der Waals surface area contributed by atoms with Gasteiger partial charge in [0, 0.05) is 0 Å². The summed E-state index contributed by atoms with van der Waals surface area (Å²) in [6, 6.07) is 102. The summed E-state index contributed by atoms with van der Waals surface area (Å²) in [5.41, 5.74) is 18.8. The van der Waals surface area contributed by atoms with E-state index in [4.69, 9.17) is 0 Å². The maximum absolute atomic E-state index is 2.36. The van der Waals surface area contributed by atoms with Crippen LogP contribution in [0, 0.1) is 27.7 Å². The van der Waals surface area contributed by atoms with E-state index in [9.17, 15) is 0 Å². The van der Waals surface area contributed by atoms with Gasteiger partial charge in [0.2, 0.25) is 0 Å². The molecule has 0 aliphatic carbocycles. The van der Waals surface area contributed by atoms with Crippen molar-refractivity contribution in [1.82, 2.24) is 0 Å². The molecule has 0 aromatic heterocycles. The first-order valence-corrected chi connectivity index (χ1v) is 35.6. The minimum absolute atomic E-state index is 0. The summed E-state index contributed by atoms with van der Waals surface area (Å²) in [6.45, 7) is 26.2. The standard InChI is InChI=1S/2C22H19.2C21H17.2C3H6.2ClH.2Zr/c2*1-15(2)18-13-17-9-6-12-21(22(17)14-18)20-11-5-8-16-7-3-4-10-19(16)20;2*1-14-12-20-15(2)10-11-19(21(20)13-14)18-9-5-7-16-6-3-4-8-17(16)18;2*1-3-2;;;;/h2*3-15H,1-2H3;2*3-13H,1-2H3;2*1-2H3;2*1H;;/q4*-1;;;;;2*+2/p-2. The van der Waals surface area contributed by atoms with E-state index in [0.717, 1.165) is 0 Å². The number of halogens is 2. The van der Waals surface area contributed by atoms with E-state index >= 15 is 0 Å². The van der Waals surface area contributed by atoms with Gasteiger partial charge < -0.3 is 24.8 Å². The molecule has 16 aromatic rings. The molecule has 4 heteroatoms. The molecule has 0 aliphatic heterocycles. The summed E-state index contributed by atoms with van der Waals surface area (Å²) < 4.78 is 3.01. The summed E-state index contributed by atoms with van der Waals surface area (Å²) in [7, 11) is 0. The van der Waals surface area contributed by atoms with Gasteiger partial charge in [-0.05, 0) is 77.2 Å². The van der Waals surface area contributed by atoms with Crippen LogP contribution in [-0.2, 0) is 48.5 Å². The minimum atomic E-state index is 0. The Morgan fingerprint density at radius 2 is 0.510 bits per heavy atom. The monoisotopic (exact) mass is 1440 g/mol. The van der Waals surface area contributed by atoms with Crippen LogP contribution in [0.1, 0.15) is 101 Å². The van der Waals surface area contributed by atoms with Crippen LogP contribution in [0.2, 0.25) is 0 Å². The van der Waals surface area contributed by atoms with E-state index in [1.165, 1.54) is 170 Å². The molecule has 0 aliphatic rings. The fourth-order valence-electron chi connectivity index (χ4n) is 13.1. The molecule has 476 valence electrons. The van der Waals surface area contributed by atoms with Crippen molar-refractivity contribution >= 4 is 92.6 Å². The van der Waals surface area contributed by atoms with Gasteiger partial charge in [0.15, 0.2) is 0 Å². The molecule has 0 fully saturated rings. The Morgan fingerprint density at radius 3 is 0.792 bits per heavy atom. The predicted molar refractivity (Wildman–Crippen MR) is 410 cm³/mol. The summed E-state index contributed by atoms with van der Waals surface area (Å²) in [4.78, 5) is 0. The Morgan fingerprint density at radius 1 is 0.271 bits per heavy atom. The van der Waals surface area contributed by atoms with Crippen LogP contribution in [0.25, 0.3) is 131 Å². The molecule has 16 rings (SSSR count). The molecule has 0 radical (unpaired) electrons. The molecule has 0 N–H and O–H groups in total. The average molecular weight is 1440 g/mol. The molecule has 0 spiro atoms. The van der Waals surface area contributed by atoms with E-state index in [1.807, 2.05) is 0 Å². The third-order valence-electron chi connectivity index (χ3n) is 17.7. The predicted octanol–water partition coefficient (Wildman–Crippen LogP) is 20.5. The molecular weight excluding hydrogens is 1360 g/mol. The van der Waals surface area contributed by atoms with Crippen molar-refractivity contribution in [3.63, 3.8) is 0 Å². The Labute approximate surface area is 612 Å². The topological polar surface area (TPSA) is 0 Å². The Hall–Kier alpha value is -7.79. The fraction of sp³-hybridized carbons (Fsp3) is 0.152. The van der Waals surface area contributed by atoms with Gasteiger partial charge in [-0.3, -0.25) is 0 Å². The maximum Gasteiger partial charge on any atom is -0.0114 e. The summed E-state index contributed by atoms with van der Waals surface area (Å²) >= 11 is 3.11. The number of benzene rings is 12. The molecule has 0 unspecified atom stereocenters. The van der Waals surface area contributed by atoms with Gasteiger partial charge in [-0.2, -0.15) is 24.3 Å². The van der Waals surface area contributed by atoms with Crippen LogP contribution in [0.15, 0.2) is 279 Å². The number of rotatable bonds is 6. The van der Waals surface area contributed by atoms with Crippen molar-refractivity contribution in [1.29, 1.82) is 0 Å². The van der Waals surface area contributed by atoms with Gasteiger partial charge in [0.25, 0.3) is 0 Å². The van der Waals surface area contributed by atoms with Crippen molar-refractivity contribution < 1.29 is 73.3 Å². The zero-order valence-electron chi connectivity index (χ0n) is 57.5. The fourth-order valence-corrected chi connectivity index (χ4v) is 13.1. The van der Waals surface area contributed by atoms with Crippen molar-refractivity contribution in [2.75, 3.05) is 0 Å². The summed E-state index contributed by atoms with van der Waals surface area (Å²) in [6.07, 6.45) is 0. The van der Waals surface area contributed by atoms with Gasteiger partial charge in [0.1, 0.15) is 0 Å². The molecule has 0 atom stereocenters. The van der Waals surface area contributed by atoms with Crippen molar-refractivity contribution in [2.24, 2.45) is 0 Å². The number of aryl methyl sites for hydroxylation is 4. The molecular formula is C92H84Cl2Zr2-2. The summed E-state index contributed by atoms with van der Waals surface area (Å²) in [5.74, 6) is 1.13. The molecule has 16 aromatic carbocycles. The zero-order valence-corrected chi connectivity index (χ0v) is 63.9. The second-order valence-corrected chi connectivity index (χ2v) is 31.1. The van der Waals surface area contributed by atoms with E-state index in [-0.39, 0.29) is 24.8 Å². The number of hydrogen-bond acceptors (Lipinski definition) is 0. The zero-order chi connectivity index (χ0) is 66.2. The van der Waals surface area contributed by atoms with Gasteiger partial charge in [-0.15, -0.1) is 137 Å².